The van der Waals surface area contributed by atoms with Crippen LogP contribution in [0.1, 0.15) is 66.2 Å². The number of aliphatic hydroxyl groups excluding tert-OH is 1. The monoisotopic (exact) mass is 432 g/mol. The van der Waals surface area contributed by atoms with Crippen LogP contribution in [-0.4, -0.2) is 43.9 Å². The van der Waals surface area contributed by atoms with Crippen LogP contribution in [0.25, 0.3) is 0 Å². The van der Waals surface area contributed by atoms with Gasteiger partial charge in [-0.05, 0) is 70.1 Å². The smallest absolute Gasteiger partial charge is 0.353 e. The predicted octanol–water partition coefficient (Wildman–Crippen LogP) is 5.36. The van der Waals surface area contributed by atoms with Gasteiger partial charge < -0.3 is 23.6 Å². The van der Waals surface area contributed by atoms with Gasteiger partial charge in [0.05, 0.1) is 25.9 Å². The van der Waals surface area contributed by atoms with Crippen LogP contribution in [-0.2, 0) is 23.1 Å². The third-order valence-corrected chi connectivity index (χ3v) is 8.17. The van der Waals surface area contributed by atoms with Gasteiger partial charge in [-0.3, -0.25) is 4.57 Å². The third-order valence-electron chi connectivity index (χ3n) is 6.36. The van der Waals surface area contributed by atoms with Crippen LogP contribution in [0.4, 0.5) is 0 Å². The summed E-state index contributed by atoms with van der Waals surface area (Å²) in [6, 6.07) is 0. The highest BCUT2D eigenvalue weighted by molar-refractivity contribution is 7.57. The largest absolute Gasteiger partial charge is 0.378 e. The summed E-state index contributed by atoms with van der Waals surface area (Å²) in [7, 11) is -3.13. The van der Waals surface area contributed by atoms with Gasteiger partial charge in [0.25, 0.3) is 0 Å². The van der Waals surface area contributed by atoms with E-state index in [2.05, 4.69) is 13.8 Å². The summed E-state index contributed by atoms with van der Waals surface area (Å²) in [5.74, 6) is 3.27. The van der Waals surface area contributed by atoms with E-state index in [1.807, 2.05) is 6.08 Å². The van der Waals surface area contributed by atoms with Crippen LogP contribution in [0.5, 0.6) is 0 Å². The molecule has 0 radical (unpaired) electrons. The third kappa shape index (κ3) is 7.45. The normalized spacial score (nSPS) is 30.2. The molecule has 1 saturated heterocycles. The van der Waals surface area contributed by atoms with Gasteiger partial charge in [0.15, 0.2) is 6.29 Å². The maximum Gasteiger partial charge on any atom is 0.353 e. The van der Waals surface area contributed by atoms with Gasteiger partial charge >= 0.3 is 7.60 Å². The fraction of sp³-hybridized carbons (Fsp3) is 0.909. The molecular formula is C22H41O6P. The van der Waals surface area contributed by atoms with Crippen LogP contribution >= 0.6 is 7.60 Å². The number of aliphatic hydroxyl groups is 1. The van der Waals surface area contributed by atoms with Gasteiger partial charge in [-0.25, -0.2) is 0 Å². The first-order chi connectivity index (χ1) is 13.9. The highest BCUT2D eigenvalue weighted by atomic mass is 31.2. The fourth-order valence-electron chi connectivity index (χ4n) is 4.73. The van der Waals surface area contributed by atoms with Crippen molar-refractivity contribution in [3.63, 3.8) is 0 Å². The Balaban J connectivity index is 1.74. The Labute approximate surface area is 176 Å². The van der Waals surface area contributed by atoms with Gasteiger partial charge in [0.1, 0.15) is 0 Å². The molecule has 1 aliphatic carbocycles. The molecule has 6 nitrogen and oxygen atoms in total. The molecule has 1 N–H and O–H groups in total. The molecule has 2 aliphatic rings. The van der Waals surface area contributed by atoms with E-state index < -0.39 is 13.9 Å². The van der Waals surface area contributed by atoms with Gasteiger partial charge in [0.2, 0.25) is 0 Å². The number of allylic oxidation sites excluding steroid dienone is 1. The van der Waals surface area contributed by atoms with Crippen molar-refractivity contribution in [3.8, 4) is 0 Å². The van der Waals surface area contributed by atoms with Crippen LogP contribution in [0.15, 0.2) is 11.9 Å². The predicted molar refractivity (Wildman–Crippen MR) is 115 cm³/mol. The topological polar surface area (TPSA) is 74.2 Å². The molecule has 0 bridgehead atoms. The molecule has 29 heavy (non-hydrogen) atoms. The Hall–Kier alpha value is -0.230. The number of hydrogen-bond acceptors (Lipinski definition) is 6. The molecule has 0 aromatic carbocycles. The summed E-state index contributed by atoms with van der Waals surface area (Å²) in [6.45, 7) is 10.0. The maximum absolute atomic E-state index is 12.3. The van der Waals surface area contributed by atoms with E-state index in [1.165, 1.54) is 18.7 Å². The van der Waals surface area contributed by atoms with Gasteiger partial charge in [-0.15, -0.1) is 0 Å². The lowest BCUT2D eigenvalue weighted by Gasteiger charge is -2.47. The standard InChI is InChI=1S/C22H41O6P/c1-5-27-29(24,28-6-2)16-9-7-8-14-26-22(23)18(4)20-13-12-17(3)19-11-10-15-25-21(19)20/h9,16-23H,5-8,10-15H2,1-4H3/b16-9+/t17-,18?,19?,20+,21?,22?/m1/s1. The number of fused-ring (bicyclic) bond motifs is 1. The Morgan fingerprint density at radius 1 is 1.21 bits per heavy atom. The lowest BCUT2D eigenvalue weighted by molar-refractivity contribution is -0.179. The molecule has 4 unspecified atom stereocenters. The first-order valence-corrected chi connectivity index (χ1v) is 13.0. The second kappa shape index (κ2) is 12.6. The average Bonchev–Trinajstić information content (AvgIpc) is 2.71. The first-order valence-electron chi connectivity index (χ1n) is 11.4. The zero-order valence-electron chi connectivity index (χ0n) is 18.6. The maximum atomic E-state index is 12.3. The highest BCUT2D eigenvalue weighted by Crippen LogP contribution is 2.49. The average molecular weight is 433 g/mol. The summed E-state index contributed by atoms with van der Waals surface area (Å²) in [6.07, 6.45) is 7.42. The zero-order chi connectivity index (χ0) is 21.3. The summed E-state index contributed by atoms with van der Waals surface area (Å²) in [5, 5.41) is 10.6. The Morgan fingerprint density at radius 3 is 2.62 bits per heavy atom. The van der Waals surface area contributed by atoms with E-state index in [0.29, 0.717) is 44.0 Å². The van der Waals surface area contributed by atoms with Crippen molar-refractivity contribution < 1.29 is 28.2 Å². The molecule has 2 rings (SSSR count). The molecule has 1 heterocycles. The number of unbranched alkanes of at least 4 members (excludes halogenated alkanes) is 1. The zero-order valence-corrected chi connectivity index (χ0v) is 19.5. The molecule has 1 aliphatic heterocycles. The molecule has 0 amide bonds. The minimum absolute atomic E-state index is 0.0553. The van der Waals surface area contributed by atoms with E-state index in [1.54, 1.807) is 13.8 Å². The number of hydrogen-bond donors (Lipinski definition) is 1. The quantitative estimate of drug-likeness (QED) is 0.254. The van der Waals surface area contributed by atoms with E-state index in [0.717, 1.165) is 25.9 Å². The van der Waals surface area contributed by atoms with E-state index >= 15 is 0 Å². The van der Waals surface area contributed by atoms with Crippen molar-refractivity contribution in [2.24, 2.45) is 23.7 Å². The van der Waals surface area contributed by atoms with Crippen molar-refractivity contribution in [2.45, 2.75) is 78.6 Å². The molecule has 1 saturated carbocycles. The van der Waals surface area contributed by atoms with E-state index in [9.17, 15) is 9.67 Å². The molecule has 7 heteroatoms. The van der Waals surface area contributed by atoms with Crippen LogP contribution in [0.3, 0.4) is 0 Å². The van der Waals surface area contributed by atoms with Crippen LogP contribution < -0.4 is 0 Å². The number of rotatable bonds is 12. The summed E-state index contributed by atoms with van der Waals surface area (Å²) in [5.41, 5.74) is 0. The second-order valence-electron chi connectivity index (χ2n) is 8.38. The van der Waals surface area contributed by atoms with Crippen molar-refractivity contribution in [2.75, 3.05) is 26.4 Å². The Morgan fingerprint density at radius 2 is 1.93 bits per heavy atom. The fourth-order valence-corrected chi connectivity index (χ4v) is 6.10. The summed E-state index contributed by atoms with van der Waals surface area (Å²) in [4.78, 5) is 0. The van der Waals surface area contributed by atoms with Crippen LogP contribution in [0, 0.1) is 23.7 Å². The molecule has 0 aromatic rings. The summed E-state index contributed by atoms with van der Waals surface area (Å²) < 4.78 is 34.7. The number of ether oxygens (including phenoxy) is 2. The van der Waals surface area contributed by atoms with E-state index in [4.69, 9.17) is 18.5 Å². The molecule has 2 fully saturated rings. The van der Waals surface area contributed by atoms with Gasteiger partial charge in [0, 0.05) is 18.3 Å². The SMILES string of the molecule is CCOP(=O)(/C=C/CCCOC(O)C(C)[C@@H]1CC[C@@H](C)C2CCCOC21)OCC. The van der Waals surface area contributed by atoms with Gasteiger partial charge in [-0.2, -0.15) is 0 Å². The molecule has 170 valence electrons. The molecule has 6 atom stereocenters. The highest BCUT2D eigenvalue weighted by Gasteiger charge is 2.43. The molecular weight excluding hydrogens is 391 g/mol. The van der Waals surface area contributed by atoms with Crippen molar-refractivity contribution in [3.05, 3.63) is 11.9 Å². The minimum Gasteiger partial charge on any atom is -0.378 e. The Kier molecular flexibility index (Phi) is 10.9. The van der Waals surface area contributed by atoms with Crippen molar-refractivity contribution >= 4 is 7.60 Å². The first kappa shape index (κ1) is 25.0. The minimum atomic E-state index is -3.13. The lowest BCUT2D eigenvalue weighted by atomic mass is 9.66. The second-order valence-corrected chi connectivity index (χ2v) is 10.3. The van der Waals surface area contributed by atoms with Crippen LogP contribution in [0.2, 0.25) is 0 Å². The van der Waals surface area contributed by atoms with Gasteiger partial charge in [-0.1, -0.05) is 19.9 Å². The van der Waals surface area contributed by atoms with Crippen molar-refractivity contribution in [1.82, 2.24) is 0 Å². The molecule has 0 spiro atoms. The Bertz CT molecular complexity index is 529. The summed E-state index contributed by atoms with van der Waals surface area (Å²) >= 11 is 0. The lowest BCUT2D eigenvalue weighted by Crippen LogP contribution is -2.47. The van der Waals surface area contributed by atoms with E-state index in [-0.39, 0.29) is 12.0 Å². The molecule has 0 aromatic heterocycles. The van der Waals surface area contributed by atoms with Crippen molar-refractivity contribution in [1.29, 1.82) is 0 Å².